The molecule has 2 fully saturated rings. The maximum Gasteiger partial charge on any atom is 0.410 e. The maximum absolute atomic E-state index is 12.1. The van der Waals surface area contributed by atoms with Crippen molar-refractivity contribution in [3.8, 4) is 0 Å². The normalized spacial score (nSPS) is 22.5. The molecule has 1 unspecified atom stereocenters. The molecule has 0 aromatic carbocycles. The van der Waals surface area contributed by atoms with Crippen molar-refractivity contribution in [3.63, 3.8) is 0 Å². The van der Waals surface area contributed by atoms with E-state index < -0.39 is 5.60 Å². The molecule has 2 aliphatic rings. The Kier molecular flexibility index (Phi) is 6.69. The van der Waals surface area contributed by atoms with Crippen molar-refractivity contribution >= 4 is 12.0 Å². The van der Waals surface area contributed by atoms with E-state index in [1.165, 1.54) is 0 Å². The Labute approximate surface area is 156 Å². The summed E-state index contributed by atoms with van der Waals surface area (Å²) in [6.07, 6.45) is 6.02. The number of hydrogen-bond donors (Lipinski definition) is 1. The molecule has 2 heterocycles. The van der Waals surface area contributed by atoms with Crippen molar-refractivity contribution < 1.29 is 19.1 Å². The van der Waals surface area contributed by atoms with E-state index >= 15 is 0 Å². The van der Waals surface area contributed by atoms with E-state index in [1.54, 1.807) is 11.0 Å². The minimum atomic E-state index is -0.486. The van der Waals surface area contributed by atoms with Crippen LogP contribution in [0, 0.1) is 0 Å². The van der Waals surface area contributed by atoms with Crippen molar-refractivity contribution in [2.45, 2.75) is 57.3 Å². The number of likely N-dealkylation sites (N-methyl/N-ethyl adjacent to an activating group) is 1. The summed E-state index contributed by atoms with van der Waals surface area (Å²) in [4.78, 5) is 27.6. The predicted molar refractivity (Wildman–Crippen MR) is 100.0 cm³/mol. The monoisotopic (exact) mass is 367 g/mol. The second-order valence-corrected chi connectivity index (χ2v) is 8.56. The van der Waals surface area contributed by atoms with Gasteiger partial charge in [0.05, 0.1) is 19.2 Å². The van der Waals surface area contributed by atoms with E-state index in [4.69, 9.17) is 9.47 Å². The minimum absolute atomic E-state index is 0.00395. The Morgan fingerprint density at radius 2 is 2.04 bits per heavy atom. The summed E-state index contributed by atoms with van der Waals surface area (Å²) in [5, 5.41) is 2.90. The largest absolute Gasteiger partial charge is 0.444 e. The highest BCUT2D eigenvalue weighted by atomic mass is 16.6. The zero-order valence-corrected chi connectivity index (χ0v) is 16.7. The zero-order chi connectivity index (χ0) is 19.4. The molecule has 0 aromatic rings. The molecule has 0 aliphatic carbocycles. The molecule has 148 valence electrons. The first-order valence-corrected chi connectivity index (χ1v) is 9.33. The van der Waals surface area contributed by atoms with Crippen LogP contribution in [-0.2, 0) is 14.3 Å². The molecule has 0 aromatic heterocycles. The fourth-order valence-electron chi connectivity index (χ4n) is 3.25. The number of carbonyl (C=O) groups is 2. The van der Waals surface area contributed by atoms with E-state index in [1.807, 2.05) is 45.8 Å². The lowest BCUT2D eigenvalue weighted by atomic mass is 9.85. The number of carbonyl (C=O) groups excluding carboxylic acids is 2. The van der Waals surface area contributed by atoms with Gasteiger partial charge in [-0.15, -0.1) is 0 Å². The molecule has 7 heteroatoms. The lowest BCUT2D eigenvalue weighted by Gasteiger charge is -2.53. The first-order valence-electron chi connectivity index (χ1n) is 9.33. The highest BCUT2D eigenvalue weighted by Gasteiger charge is 2.50. The summed E-state index contributed by atoms with van der Waals surface area (Å²) in [6.45, 7) is 7.95. The lowest BCUT2D eigenvalue weighted by molar-refractivity contribution is -0.191. The van der Waals surface area contributed by atoms with Gasteiger partial charge >= 0.3 is 6.09 Å². The molecular weight excluding hydrogens is 334 g/mol. The highest BCUT2D eigenvalue weighted by molar-refractivity contribution is 5.87. The molecule has 2 aliphatic heterocycles. The molecule has 7 nitrogen and oxygen atoms in total. The minimum Gasteiger partial charge on any atom is -0.444 e. The van der Waals surface area contributed by atoms with E-state index in [0.717, 1.165) is 25.8 Å². The molecule has 1 N–H and O–H groups in total. The Bertz CT molecular complexity index is 533. The summed E-state index contributed by atoms with van der Waals surface area (Å²) in [7, 11) is 3.91. The third-order valence-corrected chi connectivity index (χ3v) is 4.43. The SMILES string of the molecule is CN(C)C/C=C/C(=O)NCC1CCCC2(CN(C(=O)OC(C)(C)C)C2)O1. The van der Waals surface area contributed by atoms with Crippen LogP contribution in [0.4, 0.5) is 4.79 Å². The fourth-order valence-corrected chi connectivity index (χ4v) is 3.25. The molecule has 1 atom stereocenters. The second kappa shape index (κ2) is 8.39. The van der Waals surface area contributed by atoms with Crippen molar-refractivity contribution in [1.29, 1.82) is 0 Å². The third-order valence-electron chi connectivity index (χ3n) is 4.43. The van der Waals surface area contributed by atoms with Crippen LogP contribution >= 0.6 is 0 Å². The second-order valence-electron chi connectivity index (χ2n) is 8.56. The molecule has 0 saturated carbocycles. The van der Waals surface area contributed by atoms with Crippen LogP contribution in [0.15, 0.2) is 12.2 Å². The number of ether oxygens (including phenoxy) is 2. The highest BCUT2D eigenvalue weighted by Crippen LogP contribution is 2.37. The lowest BCUT2D eigenvalue weighted by Crippen LogP contribution is -2.67. The van der Waals surface area contributed by atoms with Gasteiger partial charge in [0.1, 0.15) is 11.2 Å². The summed E-state index contributed by atoms with van der Waals surface area (Å²) >= 11 is 0. The number of rotatable bonds is 5. The van der Waals surface area contributed by atoms with Gasteiger partial charge < -0.3 is 24.6 Å². The van der Waals surface area contributed by atoms with Gasteiger partial charge in [0.15, 0.2) is 0 Å². The van der Waals surface area contributed by atoms with E-state index in [0.29, 0.717) is 19.6 Å². The number of amides is 2. The van der Waals surface area contributed by atoms with Crippen LogP contribution < -0.4 is 5.32 Å². The fraction of sp³-hybridized carbons (Fsp3) is 0.789. The zero-order valence-electron chi connectivity index (χ0n) is 16.7. The van der Waals surface area contributed by atoms with Gasteiger partial charge in [-0.2, -0.15) is 0 Å². The molecule has 0 bridgehead atoms. The molecule has 1 spiro atoms. The number of nitrogens with zero attached hydrogens (tertiary/aromatic N) is 2. The average molecular weight is 367 g/mol. The first-order chi connectivity index (χ1) is 12.1. The number of nitrogens with one attached hydrogen (secondary N) is 1. The van der Waals surface area contributed by atoms with Gasteiger partial charge in [-0.3, -0.25) is 4.79 Å². The van der Waals surface area contributed by atoms with Gasteiger partial charge in [-0.05, 0) is 54.1 Å². The summed E-state index contributed by atoms with van der Waals surface area (Å²) in [5.74, 6) is -0.0981. The molecule has 0 radical (unpaired) electrons. The molecule has 26 heavy (non-hydrogen) atoms. The third kappa shape index (κ3) is 6.29. The first kappa shape index (κ1) is 20.7. The van der Waals surface area contributed by atoms with E-state index in [2.05, 4.69) is 5.32 Å². The van der Waals surface area contributed by atoms with Gasteiger partial charge in [-0.25, -0.2) is 4.79 Å². The van der Waals surface area contributed by atoms with Crippen molar-refractivity contribution in [3.05, 3.63) is 12.2 Å². The van der Waals surface area contributed by atoms with Crippen LogP contribution in [-0.4, -0.2) is 79.4 Å². The van der Waals surface area contributed by atoms with Gasteiger partial charge in [0.25, 0.3) is 0 Å². The summed E-state index contributed by atoms with van der Waals surface area (Å²) in [5.41, 5.74) is -0.758. The topological polar surface area (TPSA) is 71.1 Å². The van der Waals surface area contributed by atoms with Crippen molar-refractivity contribution in [2.75, 3.05) is 40.3 Å². The quantitative estimate of drug-likeness (QED) is 0.750. The average Bonchev–Trinajstić information content (AvgIpc) is 2.48. The standard InChI is InChI=1S/C19H33N3O4/c1-18(2,3)26-17(24)22-13-19(14-22)10-6-8-15(25-19)12-20-16(23)9-7-11-21(4)5/h7,9,15H,6,8,10-14H2,1-5H3,(H,20,23)/b9-7+. The summed E-state index contributed by atoms with van der Waals surface area (Å²) < 4.78 is 11.6. The number of hydrogen-bond acceptors (Lipinski definition) is 5. The van der Waals surface area contributed by atoms with E-state index in [-0.39, 0.29) is 23.7 Å². The van der Waals surface area contributed by atoms with Crippen LogP contribution in [0.5, 0.6) is 0 Å². The Morgan fingerprint density at radius 3 is 2.65 bits per heavy atom. The molecule has 2 saturated heterocycles. The predicted octanol–water partition coefficient (Wildman–Crippen LogP) is 1.78. The Morgan fingerprint density at radius 1 is 1.35 bits per heavy atom. The maximum atomic E-state index is 12.1. The van der Waals surface area contributed by atoms with E-state index in [9.17, 15) is 9.59 Å². The molecule has 2 amide bonds. The van der Waals surface area contributed by atoms with Crippen molar-refractivity contribution in [1.82, 2.24) is 15.1 Å². The smallest absolute Gasteiger partial charge is 0.410 e. The van der Waals surface area contributed by atoms with Gasteiger partial charge in [0.2, 0.25) is 5.91 Å². The van der Waals surface area contributed by atoms with Crippen LogP contribution in [0.25, 0.3) is 0 Å². The van der Waals surface area contributed by atoms with Crippen LogP contribution in [0.2, 0.25) is 0 Å². The Hall–Kier alpha value is -1.60. The Balaban J connectivity index is 1.74. The summed E-state index contributed by atoms with van der Waals surface area (Å²) in [6, 6.07) is 0. The van der Waals surface area contributed by atoms with Crippen LogP contribution in [0.1, 0.15) is 40.0 Å². The molecular formula is C19H33N3O4. The van der Waals surface area contributed by atoms with Crippen LogP contribution in [0.3, 0.4) is 0 Å². The van der Waals surface area contributed by atoms with Crippen molar-refractivity contribution in [2.24, 2.45) is 0 Å². The number of likely N-dealkylation sites (tertiary alicyclic amines) is 1. The van der Waals surface area contributed by atoms with Gasteiger partial charge in [0, 0.05) is 19.2 Å². The van der Waals surface area contributed by atoms with Gasteiger partial charge in [-0.1, -0.05) is 6.08 Å². The molecule has 2 rings (SSSR count).